The van der Waals surface area contributed by atoms with Gasteiger partial charge in [0.05, 0.1) is 0 Å². The molecule has 1 aliphatic carbocycles. The molecule has 182 valence electrons. The van der Waals surface area contributed by atoms with Crippen LogP contribution >= 0.6 is 0 Å². The van der Waals surface area contributed by atoms with Crippen LogP contribution in [0.25, 0.3) is 0 Å². The van der Waals surface area contributed by atoms with Gasteiger partial charge in [0, 0.05) is 24.1 Å². The van der Waals surface area contributed by atoms with Gasteiger partial charge in [0.2, 0.25) is 11.6 Å². The fraction of sp³-hybridized carbons (Fsp3) is 0.500. The summed E-state index contributed by atoms with van der Waals surface area (Å²) in [4.78, 5) is 24.8. The Morgan fingerprint density at radius 1 is 0.882 bits per heavy atom. The number of nitrogens with one attached hydrogen (secondary N) is 1. The molecule has 2 aromatic carbocycles. The summed E-state index contributed by atoms with van der Waals surface area (Å²) in [6.45, 7) is 13.0. The highest BCUT2D eigenvalue weighted by atomic mass is 16.8. The van der Waals surface area contributed by atoms with E-state index in [4.69, 9.17) is 9.68 Å². The summed E-state index contributed by atoms with van der Waals surface area (Å²) >= 11 is 0. The molecule has 0 atom stereocenters. The maximum atomic E-state index is 13.0. The van der Waals surface area contributed by atoms with Crippen LogP contribution in [0, 0.1) is 0 Å². The summed E-state index contributed by atoms with van der Waals surface area (Å²) in [6, 6.07) is 16.1. The summed E-state index contributed by atoms with van der Waals surface area (Å²) in [5, 5.41) is 8.84. The van der Waals surface area contributed by atoms with Crippen LogP contribution in [0.3, 0.4) is 0 Å². The third kappa shape index (κ3) is 5.06. The van der Waals surface area contributed by atoms with Crippen molar-refractivity contribution in [3.05, 3.63) is 65.2 Å². The number of anilines is 1. The quantitative estimate of drug-likeness (QED) is 0.527. The molecule has 0 radical (unpaired) electrons. The molecule has 0 bridgehead atoms. The van der Waals surface area contributed by atoms with Gasteiger partial charge in [-0.15, -0.1) is 5.06 Å². The normalized spacial score (nSPS) is 17.8. The van der Waals surface area contributed by atoms with Gasteiger partial charge >= 0.3 is 6.09 Å². The van der Waals surface area contributed by atoms with Gasteiger partial charge in [0.15, 0.2) is 0 Å². The van der Waals surface area contributed by atoms with E-state index >= 15 is 0 Å². The van der Waals surface area contributed by atoms with E-state index in [-0.39, 0.29) is 10.8 Å². The Kier molecular flexibility index (Phi) is 6.36. The van der Waals surface area contributed by atoms with Gasteiger partial charge in [-0.1, -0.05) is 89.5 Å². The first-order chi connectivity index (χ1) is 16.0. The SMILES string of the molecule is CC(C)(C)c1ccc(NC(=O)ON2C(c3ccc(C(C)(C)C)cc3)=NOC23CCCCC3)cc1. The molecule has 1 spiro atoms. The number of amides is 1. The Morgan fingerprint density at radius 2 is 1.41 bits per heavy atom. The lowest BCUT2D eigenvalue weighted by atomic mass is 9.86. The van der Waals surface area contributed by atoms with E-state index in [9.17, 15) is 4.79 Å². The molecular weight excluding hydrogens is 426 g/mol. The van der Waals surface area contributed by atoms with E-state index in [0.717, 1.165) is 37.7 Å². The van der Waals surface area contributed by atoms with Gasteiger partial charge < -0.3 is 9.68 Å². The third-order valence-electron chi connectivity index (χ3n) is 6.68. The lowest BCUT2D eigenvalue weighted by molar-refractivity contribution is -0.224. The van der Waals surface area contributed by atoms with Gasteiger partial charge in [0.1, 0.15) is 0 Å². The zero-order valence-corrected chi connectivity index (χ0v) is 21.3. The van der Waals surface area contributed by atoms with Crippen molar-refractivity contribution in [1.29, 1.82) is 0 Å². The molecule has 4 rings (SSSR count). The minimum absolute atomic E-state index is 0.0488. The van der Waals surface area contributed by atoms with Gasteiger partial charge in [-0.25, -0.2) is 4.79 Å². The van der Waals surface area contributed by atoms with Crippen molar-refractivity contribution >= 4 is 17.6 Å². The van der Waals surface area contributed by atoms with Crippen LogP contribution in [0.1, 0.15) is 90.3 Å². The van der Waals surface area contributed by atoms with Crippen LogP contribution < -0.4 is 5.32 Å². The number of hydroxylamine groups is 2. The van der Waals surface area contributed by atoms with E-state index < -0.39 is 11.8 Å². The molecule has 1 fully saturated rings. The minimum atomic E-state index is -0.746. The van der Waals surface area contributed by atoms with Crippen LogP contribution in [-0.4, -0.2) is 22.7 Å². The predicted molar refractivity (Wildman–Crippen MR) is 136 cm³/mol. The molecule has 6 nitrogen and oxygen atoms in total. The van der Waals surface area contributed by atoms with E-state index in [1.807, 2.05) is 36.4 Å². The van der Waals surface area contributed by atoms with Gasteiger partial charge in [-0.05, 0) is 46.9 Å². The predicted octanol–water partition coefficient (Wildman–Crippen LogP) is 7.10. The molecule has 1 aliphatic heterocycles. The number of rotatable bonds is 3. The summed E-state index contributed by atoms with van der Waals surface area (Å²) in [6.07, 6.45) is 4.10. The average Bonchev–Trinajstić information content (AvgIpc) is 3.10. The van der Waals surface area contributed by atoms with E-state index in [0.29, 0.717) is 11.5 Å². The van der Waals surface area contributed by atoms with Crippen LogP contribution in [-0.2, 0) is 20.5 Å². The molecule has 0 aromatic heterocycles. The Balaban J connectivity index is 1.54. The first-order valence-corrected chi connectivity index (χ1v) is 12.2. The topological polar surface area (TPSA) is 63.2 Å². The highest BCUT2D eigenvalue weighted by Crippen LogP contribution is 2.40. The fourth-order valence-electron chi connectivity index (χ4n) is 4.49. The van der Waals surface area contributed by atoms with E-state index in [1.165, 1.54) is 11.1 Å². The number of hydrogen-bond donors (Lipinski definition) is 1. The lowest BCUT2D eigenvalue weighted by Gasteiger charge is -2.37. The van der Waals surface area contributed by atoms with Gasteiger partial charge in [0.25, 0.3) is 0 Å². The first kappa shape index (κ1) is 24.1. The Bertz CT molecular complexity index is 1040. The Hall–Kier alpha value is -3.02. The standard InChI is InChI=1S/C28H37N3O3/c1-26(2,3)21-12-10-20(11-13-21)24-30-34-28(18-8-7-9-19-28)31(24)33-25(32)29-23-16-14-22(15-17-23)27(4,5)6/h10-17H,7-9,18-19H2,1-6H3,(H,29,32). The second-order valence-corrected chi connectivity index (χ2v) is 11.5. The number of hydrogen-bond acceptors (Lipinski definition) is 5. The van der Waals surface area contributed by atoms with E-state index in [2.05, 4.69) is 64.1 Å². The molecule has 0 saturated heterocycles. The highest BCUT2D eigenvalue weighted by Gasteiger charge is 2.50. The Labute approximate surface area is 203 Å². The fourth-order valence-corrected chi connectivity index (χ4v) is 4.49. The second-order valence-electron chi connectivity index (χ2n) is 11.5. The molecule has 1 amide bonds. The molecule has 1 heterocycles. The van der Waals surface area contributed by atoms with Crippen molar-refractivity contribution < 1.29 is 14.5 Å². The number of carbonyl (C=O) groups is 1. The number of nitrogens with zero attached hydrogens (tertiary/aromatic N) is 2. The van der Waals surface area contributed by atoms with Crippen molar-refractivity contribution in [2.75, 3.05) is 5.32 Å². The molecule has 34 heavy (non-hydrogen) atoms. The second kappa shape index (κ2) is 8.97. The Morgan fingerprint density at radius 3 is 1.94 bits per heavy atom. The van der Waals surface area contributed by atoms with Crippen molar-refractivity contribution in [1.82, 2.24) is 5.06 Å². The summed E-state index contributed by atoms with van der Waals surface area (Å²) in [5.41, 5.74) is 3.33. The monoisotopic (exact) mass is 463 g/mol. The van der Waals surface area contributed by atoms with Crippen molar-refractivity contribution in [2.45, 2.75) is 90.2 Å². The first-order valence-electron chi connectivity index (χ1n) is 12.2. The van der Waals surface area contributed by atoms with Crippen molar-refractivity contribution in [2.24, 2.45) is 5.16 Å². The summed E-state index contributed by atoms with van der Waals surface area (Å²) in [7, 11) is 0. The summed E-state index contributed by atoms with van der Waals surface area (Å²) in [5.74, 6) is 0.528. The maximum absolute atomic E-state index is 13.0. The van der Waals surface area contributed by atoms with Crippen LogP contribution in [0.4, 0.5) is 10.5 Å². The lowest BCUT2D eigenvalue weighted by Crippen LogP contribution is -2.51. The molecule has 2 aliphatic rings. The smallest absolute Gasteiger partial charge is 0.362 e. The maximum Gasteiger partial charge on any atom is 0.436 e. The highest BCUT2D eigenvalue weighted by molar-refractivity contribution is 6.00. The number of carbonyl (C=O) groups excluding carboxylic acids is 1. The third-order valence-corrected chi connectivity index (χ3v) is 6.68. The van der Waals surface area contributed by atoms with Gasteiger partial charge in [-0.3, -0.25) is 5.32 Å². The number of oxime groups is 1. The molecule has 2 aromatic rings. The molecule has 1 N–H and O–H groups in total. The van der Waals surface area contributed by atoms with Gasteiger partial charge in [-0.2, -0.15) is 0 Å². The van der Waals surface area contributed by atoms with Crippen molar-refractivity contribution in [3.63, 3.8) is 0 Å². The summed E-state index contributed by atoms with van der Waals surface area (Å²) < 4.78 is 0. The molecule has 1 saturated carbocycles. The number of benzene rings is 2. The molecular formula is C28H37N3O3. The largest absolute Gasteiger partial charge is 0.436 e. The molecule has 6 heteroatoms. The van der Waals surface area contributed by atoms with E-state index in [1.54, 1.807) is 5.06 Å². The van der Waals surface area contributed by atoms with Crippen LogP contribution in [0.5, 0.6) is 0 Å². The zero-order valence-electron chi connectivity index (χ0n) is 21.3. The average molecular weight is 464 g/mol. The zero-order chi connectivity index (χ0) is 24.6. The minimum Gasteiger partial charge on any atom is -0.362 e. The number of amidine groups is 1. The molecule has 0 unspecified atom stereocenters. The van der Waals surface area contributed by atoms with Crippen LogP contribution in [0.15, 0.2) is 53.7 Å². The van der Waals surface area contributed by atoms with Crippen molar-refractivity contribution in [3.8, 4) is 0 Å². The van der Waals surface area contributed by atoms with Crippen LogP contribution in [0.2, 0.25) is 0 Å².